The van der Waals surface area contributed by atoms with Gasteiger partial charge in [0, 0.05) is 38.0 Å². The van der Waals surface area contributed by atoms with Crippen molar-refractivity contribution in [3.63, 3.8) is 0 Å². The van der Waals surface area contributed by atoms with Gasteiger partial charge in [-0.05, 0) is 50.9 Å². The molecule has 0 radical (unpaired) electrons. The molecule has 1 spiro atoms. The zero-order chi connectivity index (χ0) is 16.8. The summed E-state index contributed by atoms with van der Waals surface area (Å²) in [5.74, 6) is 1.15. The number of aliphatic hydroxyl groups is 1. The highest BCUT2D eigenvalue weighted by molar-refractivity contribution is 5.80. The molecule has 5 nitrogen and oxygen atoms in total. The van der Waals surface area contributed by atoms with Crippen LogP contribution < -0.4 is 0 Å². The van der Waals surface area contributed by atoms with Crippen LogP contribution in [0.1, 0.15) is 64.2 Å². The number of rotatable bonds is 4. The first-order chi connectivity index (χ1) is 11.5. The fourth-order valence-electron chi connectivity index (χ4n) is 4.86. The number of carbonyl (C=O) groups excluding carboxylic acids is 2. The Balaban J connectivity index is 1.29. The summed E-state index contributed by atoms with van der Waals surface area (Å²) in [6.07, 6.45) is 9.27. The Kier molecular flexibility index (Phi) is 4.10. The minimum Gasteiger partial charge on any atom is -0.389 e. The van der Waals surface area contributed by atoms with Crippen molar-refractivity contribution < 1.29 is 14.7 Å². The topological polar surface area (TPSA) is 60.9 Å². The van der Waals surface area contributed by atoms with Crippen molar-refractivity contribution >= 4 is 11.8 Å². The second-order valence-corrected chi connectivity index (χ2v) is 8.88. The van der Waals surface area contributed by atoms with E-state index < -0.39 is 5.60 Å². The first-order valence-corrected chi connectivity index (χ1v) is 9.75. The average Bonchev–Trinajstić information content (AvgIpc) is 2.77. The number of nitrogens with zero attached hydrogens (tertiary/aromatic N) is 2. The average molecular weight is 334 g/mol. The molecular formula is C19H30N2O3. The summed E-state index contributed by atoms with van der Waals surface area (Å²) >= 11 is 0. The van der Waals surface area contributed by atoms with Gasteiger partial charge in [-0.3, -0.25) is 9.59 Å². The third kappa shape index (κ3) is 3.07. The van der Waals surface area contributed by atoms with Crippen molar-refractivity contribution in [3.8, 4) is 0 Å². The fraction of sp³-hybridized carbons (Fsp3) is 0.895. The van der Waals surface area contributed by atoms with Crippen LogP contribution in [-0.4, -0.2) is 58.5 Å². The van der Waals surface area contributed by atoms with Gasteiger partial charge in [0.15, 0.2) is 0 Å². The molecule has 2 aliphatic heterocycles. The molecular weight excluding hydrogens is 304 g/mol. The van der Waals surface area contributed by atoms with Crippen LogP contribution in [0.15, 0.2) is 0 Å². The van der Waals surface area contributed by atoms with Gasteiger partial charge in [0.2, 0.25) is 11.8 Å². The Morgan fingerprint density at radius 2 is 1.83 bits per heavy atom. The minimum atomic E-state index is -0.727. The molecule has 2 aliphatic carbocycles. The maximum atomic E-state index is 12.4. The van der Waals surface area contributed by atoms with E-state index in [9.17, 15) is 14.7 Å². The highest BCUT2D eigenvalue weighted by atomic mass is 16.3. The normalized spacial score (nSPS) is 28.8. The van der Waals surface area contributed by atoms with E-state index in [1.807, 2.05) is 4.90 Å². The maximum Gasteiger partial charge on any atom is 0.225 e. The molecule has 134 valence electrons. The van der Waals surface area contributed by atoms with Gasteiger partial charge in [-0.15, -0.1) is 0 Å². The number of piperidine rings is 1. The van der Waals surface area contributed by atoms with E-state index in [1.54, 1.807) is 0 Å². The zero-order valence-electron chi connectivity index (χ0n) is 14.6. The standard InChI is InChI=1S/C19H30N2O3/c22-16-11-18(14-21(16)13-15-3-1-4-15)7-9-20(10-8-18)17(23)12-19(24)5-2-6-19/h15,24H,1-14H2. The molecule has 2 heterocycles. The van der Waals surface area contributed by atoms with Crippen LogP contribution in [0.25, 0.3) is 0 Å². The van der Waals surface area contributed by atoms with Crippen molar-refractivity contribution in [2.45, 2.75) is 69.8 Å². The monoisotopic (exact) mass is 334 g/mol. The van der Waals surface area contributed by atoms with Crippen molar-refractivity contribution in [2.75, 3.05) is 26.2 Å². The molecule has 4 aliphatic rings. The van der Waals surface area contributed by atoms with Gasteiger partial charge in [0.1, 0.15) is 0 Å². The molecule has 5 heteroatoms. The summed E-state index contributed by atoms with van der Waals surface area (Å²) in [5, 5.41) is 10.2. The number of likely N-dealkylation sites (tertiary alicyclic amines) is 2. The third-order valence-electron chi connectivity index (χ3n) is 7.05. The summed E-state index contributed by atoms with van der Waals surface area (Å²) in [6, 6.07) is 0. The van der Waals surface area contributed by atoms with Gasteiger partial charge in [0.05, 0.1) is 12.0 Å². The van der Waals surface area contributed by atoms with Gasteiger partial charge in [-0.1, -0.05) is 6.42 Å². The maximum absolute atomic E-state index is 12.4. The number of carbonyl (C=O) groups is 2. The van der Waals surface area contributed by atoms with Crippen molar-refractivity contribution in [3.05, 3.63) is 0 Å². The molecule has 0 aromatic carbocycles. The molecule has 4 rings (SSSR count). The molecule has 1 N–H and O–H groups in total. The molecule has 2 saturated heterocycles. The highest BCUT2D eigenvalue weighted by Gasteiger charge is 2.46. The Bertz CT molecular complexity index is 517. The van der Waals surface area contributed by atoms with Crippen molar-refractivity contribution in [1.29, 1.82) is 0 Å². The summed E-state index contributed by atoms with van der Waals surface area (Å²) < 4.78 is 0. The summed E-state index contributed by atoms with van der Waals surface area (Å²) in [7, 11) is 0. The fourth-order valence-corrected chi connectivity index (χ4v) is 4.86. The van der Waals surface area contributed by atoms with Gasteiger partial charge < -0.3 is 14.9 Å². The van der Waals surface area contributed by atoms with E-state index in [2.05, 4.69) is 4.90 Å². The predicted octanol–water partition coefficient (Wildman–Crippen LogP) is 1.93. The highest BCUT2D eigenvalue weighted by Crippen LogP contribution is 2.43. The van der Waals surface area contributed by atoms with Crippen molar-refractivity contribution in [2.24, 2.45) is 11.3 Å². The molecule has 0 atom stereocenters. The van der Waals surface area contributed by atoms with E-state index >= 15 is 0 Å². The lowest BCUT2D eigenvalue weighted by atomic mass is 9.76. The lowest BCUT2D eigenvalue weighted by Gasteiger charge is -2.42. The minimum absolute atomic E-state index is 0.0997. The SMILES string of the molecule is O=C(CC1(O)CCC1)N1CCC2(CC1)CC(=O)N(CC1CCC1)C2. The van der Waals surface area contributed by atoms with Crippen LogP contribution in [0.5, 0.6) is 0 Å². The van der Waals surface area contributed by atoms with Crippen LogP contribution in [0.4, 0.5) is 0 Å². The second-order valence-electron chi connectivity index (χ2n) is 8.88. The van der Waals surface area contributed by atoms with Crippen LogP contribution in [0.2, 0.25) is 0 Å². The summed E-state index contributed by atoms with van der Waals surface area (Å²) in [4.78, 5) is 28.8. The second kappa shape index (κ2) is 6.01. The largest absolute Gasteiger partial charge is 0.389 e. The van der Waals surface area contributed by atoms with Gasteiger partial charge >= 0.3 is 0 Å². The Morgan fingerprint density at radius 3 is 2.38 bits per heavy atom. The Labute approximate surface area is 144 Å². The van der Waals surface area contributed by atoms with Crippen LogP contribution in [0.3, 0.4) is 0 Å². The van der Waals surface area contributed by atoms with E-state index in [0.29, 0.717) is 12.3 Å². The zero-order valence-corrected chi connectivity index (χ0v) is 14.6. The van der Waals surface area contributed by atoms with Gasteiger partial charge in [-0.25, -0.2) is 0 Å². The predicted molar refractivity (Wildman–Crippen MR) is 90.2 cm³/mol. The Hall–Kier alpha value is -1.10. The first kappa shape index (κ1) is 16.4. The molecule has 2 saturated carbocycles. The number of hydrogen-bond donors (Lipinski definition) is 1. The molecule has 0 aromatic heterocycles. The molecule has 24 heavy (non-hydrogen) atoms. The molecule has 4 fully saturated rings. The summed E-state index contributed by atoms with van der Waals surface area (Å²) in [5.41, 5.74) is -0.625. The number of hydrogen-bond acceptors (Lipinski definition) is 3. The van der Waals surface area contributed by atoms with Gasteiger partial charge in [0.25, 0.3) is 0 Å². The quantitative estimate of drug-likeness (QED) is 0.854. The van der Waals surface area contributed by atoms with Crippen molar-refractivity contribution in [1.82, 2.24) is 9.80 Å². The van der Waals surface area contributed by atoms with Gasteiger partial charge in [-0.2, -0.15) is 0 Å². The van der Waals surface area contributed by atoms with E-state index in [4.69, 9.17) is 0 Å². The van der Waals surface area contributed by atoms with Crippen LogP contribution >= 0.6 is 0 Å². The molecule has 0 bridgehead atoms. The molecule has 0 unspecified atom stereocenters. The Morgan fingerprint density at radius 1 is 1.12 bits per heavy atom. The molecule has 2 amide bonds. The summed E-state index contributed by atoms with van der Waals surface area (Å²) in [6.45, 7) is 3.35. The van der Waals surface area contributed by atoms with Crippen LogP contribution in [-0.2, 0) is 9.59 Å². The van der Waals surface area contributed by atoms with E-state index in [1.165, 1.54) is 19.3 Å². The smallest absolute Gasteiger partial charge is 0.225 e. The first-order valence-electron chi connectivity index (χ1n) is 9.75. The third-order valence-corrected chi connectivity index (χ3v) is 7.05. The lowest BCUT2D eigenvalue weighted by Crippen LogP contribution is -2.48. The number of amides is 2. The van der Waals surface area contributed by atoms with E-state index in [0.717, 1.165) is 64.2 Å². The van der Waals surface area contributed by atoms with E-state index in [-0.39, 0.29) is 17.7 Å². The molecule has 0 aromatic rings. The lowest BCUT2D eigenvalue weighted by molar-refractivity contribution is -0.142. The van der Waals surface area contributed by atoms with Crippen LogP contribution in [0, 0.1) is 11.3 Å².